The Kier molecular flexibility index (Phi) is 8.68. The molecule has 11 rings (SSSR count). The van der Waals surface area contributed by atoms with E-state index in [4.69, 9.17) is 4.42 Å². The van der Waals surface area contributed by atoms with Gasteiger partial charge in [0, 0.05) is 38.6 Å². The number of para-hydroxylation sites is 3. The van der Waals surface area contributed by atoms with Crippen molar-refractivity contribution in [2.45, 2.75) is 32.6 Å². The first kappa shape index (κ1) is 36.7. The lowest BCUT2D eigenvalue weighted by Crippen LogP contribution is -2.28. The van der Waals surface area contributed by atoms with E-state index in [0.29, 0.717) is 5.92 Å². The summed E-state index contributed by atoms with van der Waals surface area (Å²) in [6, 6.07) is 59.7. The van der Waals surface area contributed by atoms with E-state index in [2.05, 4.69) is 231 Å². The highest BCUT2D eigenvalue weighted by atomic mass is 16.3. The number of rotatable bonds is 7. The number of nitrogens with zero attached hydrogens (tertiary/aromatic N) is 2. The fourth-order valence-electron chi connectivity index (χ4n) is 10.4. The van der Waals surface area contributed by atoms with E-state index in [1.54, 1.807) is 0 Å². The van der Waals surface area contributed by atoms with Gasteiger partial charge in [-0.3, -0.25) is 0 Å². The minimum Gasteiger partial charge on any atom is -0.454 e. The maximum atomic E-state index is 7.22. The summed E-state index contributed by atoms with van der Waals surface area (Å²) in [5.74, 6) is 0.399. The Labute approximate surface area is 357 Å². The van der Waals surface area contributed by atoms with E-state index in [9.17, 15) is 0 Å². The van der Waals surface area contributed by atoms with E-state index in [-0.39, 0.29) is 0 Å². The van der Waals surface area contributed by atoms with Crippen molar-refractivity contribution in [3.8, 4) is 5.69 Å². The summed E-state index contributed by atoms with van der Waals surface area (Å²) in [4.78, 5) is 2.43. The van der Waals surface area contributed by atoms with Crippen LogP contribution in [0, 0.1) is 5.92 Å². The molecular formula is C58H46N2O. The predicted molar refractivity (Wildman–Crippen MR) is 257 cm³/mol. The van der Waals surface area contributed by atoms with E-state index in [0.717, 1.165) is 56.6 Å². The average molecular weight is 787 g/mol. The second kappa shape index (κ2) is 14.4. The first-order chi connectivity index (χ1) is 29.9. The first-order valence-corrected chi connectivity index (χ1v) is 21.4. The van der Waals surface area contributed by atoms with E-state index in [1.165, 1.54) is 55.3 Å². The molecule has 0 aliphatic heterocycles. The molecule has 0 saturated carbocycles. The smallest absolute Gasteiger partial charge is 0.159 e. The SMILES string of the molecule is C=C(C)C=C1/C(=C\C)c2ccccc2C1(c1ccccc1)c1ccc2c(c1)oc1c(N(C3=CC=CC(C)C3)c3ccc4c(c3)c3ccccc3n4-c3ccccc3)cccc12. The molecule has 2 atom stereocenters. The van der Waals surface area contributed by atoms with Crippen LogP contribution in [-0.4, -0.2) is 4.57 Å². The molecule has 0 fully saturated rings. The Morgan fingerprint density at radius 1 is 0.721 bits per heavy atom. The first-order valence-electron chi connectivity index (χ1n) is 21.4. The molecule has 0 N–H and O–H groups in total. The van der Waals surface area contributed by atoms with Crippen LogP contribution in [0.25, 0.3) is 55.0 Å². The number of hydrogen-bond donors (Lipinski definition) is 0. The second-order valence-corrected chi connectivity index (χ2v) is 16.7. The molecule has 294 valence electrons. The van der Waals surface area contributed by atoms with Crippen molar-refractivity contribution in [1.29, 1.82) is 0 Å². The third-order valence-electron chi connectivity index (χ3n) is 12.8. The fourth-order valence-corrected chi connectivity index (χ4v) is 10.4. The van der Waals surface area contributed by atoms with Gasteiger partial charge in [0.15, 0.2) is 5.58 Å². The molecule has 0 spiro atoms. The van der Waals surface area contributed by atoms with Crippen LogP contribution in [0.2, 0.25) is 0 Å². The van der Waals surface area contributed by atoms with Crippen molar-refractivity contribution in [2.75, 3.05) is 4.90 Å². The van der Waals surface area contributed by atoms with Gasteiger partial charge in [-0.05, 0) is 114 Å². The third kappa shape index (κ3) is 5.64. The van der Waals surface area contributed by atoms with Gasteiger partial charge in [-0.15, -0.1) is 0 Å². The largest absolute Gasteiger partial charge is 0.454 e. The van der Waals surface area contributed by atoms with Gasteiger partial charge in [0.2, 0.25) is 0 Å². The second-order valence-electron chi connectivity index (χ2n) is 16.7. The van der Waals surface area contributed by atoms with Crippen molar-refractivity contribution in [1.82, 2.24) is 4.57 Å². The number of hydrogen-bond acceptors (Lipinski definition) is 2. The van der Waals surface area contributed by atoms with Gasteiger partial charge < -0.3 is 13.9 Å². The molecule has 3 heteroatoms. The predicted octanol–water partition coefficient (Wildman–Crippen LogP) is 15.6. The average Bonchev–Trinajstić information content (AvgIpc) is 3.93. The quantitative estimate of drug-likeness (QED) is 0.160. The Bertz CT molecular complexity index is 3340. The molecule has 7 aromatic carbocycles. The van der Waals surface area contributed by atoms with E-state index >= 15 is 0 Å². The summed E-state index contributed by atoms with van der Waals surface area (Å²) in [6.45, 7) is 10.9. The van der Waals surface area contributed by atoms with Crippen LogP contribution in [-0.2, 0) is 5.41 Å². The van der Waals surface area contributed by atoms with Crippen molar-refractivity contribution >= 4 is 60.7 Å². The maximum Gasteiger partial charge on any atom is 0.159 e. The summed E-state index contributed by atoms with van der Waals surface area (Å²) >= 11 is 0. The van der Waals surface area contributed by atoms with E-state index in [1.807, 2.05) is 0 Å². The van der Waals surface area contributed by atoms with Crippen LogP contribution in [0.4, 0.5) is 11.4 Å². The Morgan fingerprint density at radius 3 is 2.26 bits per heavy atom. The summed E-state index contributed by atoms with van der Waals surface area (Å²) in [6.07, 6.45) is 12.2. The highest BCUT2D eigenvalue weighted by Crippen LogP contribution is 2.58. The Balaban J connectivity index is 1.14. The molecule has 2 aromatic heterocycles. The standard InChI is InChI=1S/C58H46N2O/c1-5-45-46-24-12-14-27-51(46)58(52(45)34-38(2)3,40-19-8-6-9-20-40)41-30-32-48-49-26-17-29-55(57(49)61-56(48)36-41)59(43-23-16-18-39(4)35-43)44-31-33-54-50(37-44)47-25-13-15-28-53(47)60(54)42-21-10-7-11-22-42/h5-34,36-37,39H,2,35H2,1,3-4H3/b45-5-,52-34?. The van der Waals surface area contributed by atoms with Gasteiger partial charge >= 0.3 is 0 Å². The van der Waals surface area contributed by atoms with Crippen molar-refractivity contribution in [2.24, 2.45) is 5.92 Å². The summed E-state index contributed by atoms with van der Waals surface area (Å²) in [5, 5.41) is 4.63. The molecule has 0 bridgehead atoms. The topological polar surface area (TPSA) is 21.3 Å². The summed E-state index contributed by atoms with van der Waals surface area (Å²) in [7, 11) is 0. The molecule has 3 nitrogen and oxygen atoms in total. The molecule has 0 radical (unpaired) electrons. The monoisotopic (exact) mass is 786 g/mol. The van der Waals surface area contributed by atoms with Crippen molar-refractivity contribution in [3.63, 3.8) is 0 Å². The van der Waals surface area contributed by atoms with Crippen LogP contribution < -0.4 is 4.90 Å². The lowest BCUT2D eigenvalue weighted by atomic mass is 9.67. The van der Waals surface area contributed by atoms with Gasteiger partial charge in [0.1, 0.15) is 5.58 Å². The van der Waals surface area contributed by atoms with Crippen molar-refractivity contribution in [3.05, 3.63) is 240 Å². The van der Waals surface area contributed by atoms with E-state index < -0.39 is 5.41 Å². The Morgan fingerprint density at radius 2 is 1.46 bits per heavy atom. The highest BCUT2D eigenvalue weighted by molar-refractivity contribution is 6.13. The zero-order valence-electron chi connectivity index (χ0n) is 34.8. The fraction of sp³-hybridized carbons (Fsp3) is 0.103. The Hall–Kier alpha value is -7.36. The van der Waals surface area contributed by atoms with Gasteiger partial charge in [-0.1, -0.05) is 159 Å². The molecular weight excluding hydrogens is 741 g/mol. The third-order valence-corrected chi connectivity index (χ3v) is 12.8. The molecule has 2 heterocycles. The van der Waals surface area contributed by atoms with Crippen LogP contribution in [0.5, 0.6) is 0 Å². The minimum atomic E-state index is -0.579. The molecule has 2 aliphatic carbocycles. The van der Waals surface area contributed by atoms with Crippen LogP contribution in [0.1, 0.15) is 49.4 Å². The lowest BCUT2D eigenvalue weighted by molar-refractivity contribution is 0.662. The number of aromatic nitrogens is 1. The summed E-state index contributed by atoms with van der Waals surface area (Å²) < 4.78 is 9.60. The molecule has 61 heavy (non-hydrogen) atoms. The molecule has 0 amide bonds. The molecule has 2 aliphatic rings. The number of anilines is 2. The summed E-state index contributed by atoms with van der Waals surface area (Å²) in [5.41, 5.74) is 16.4. The number of benzene rings is 7. The van der Waals surface area contributed by atoms with Crippen LogP contribution in [0.3, 0.4) is 0 Å². The highest BCUT2D eigenvalue weighted by Gasteiger charge is 2.48. The zero-order valence-corrected chi connectivity index (χ0v) is 34.8. The maximum absolute atomic E-state index is 7.22. The minimum absolute atomic E-state index is 0.399. The van der Waals surface area contributed by atoms with Crippen LogP contribution in [0.15, 0.2) is 222 Å². The lowest BCUT2D eigenvalue weighted by Gasteiger charge is -2.34. The van der Waals surface area contributed by atoms with Gasteiger partial charge in [-0.2, -0.15) is 0 Å². The van der Waals surface area contributed by atoms with Crippen molar-refractivity contribution < 1.29 is 4.42 Å². The van der Waals surface area contributed by atoms with Gasteiger partial charge in [-0.25, -0.2) is 0 Å². The molecule has 2 unspecified atom stereocenters. The number of furan rings is 1. The number of fused-ring (bicyclic) bond motifs is 7. The number of allylic oxidation sites excluding steroid dienone is 9. The molecule has 9 aromatic rings. The van der Waals surface area contributed by atoms with Gasteiger partial charge in [0.25, 0.3) is 0 Å². The molecule has 0 saturated heterocycles. The zero-order chi connectivity index (χ0) is 41.2. The normalized spacial score (nSPS) is 18.7. The van der Waals surface area contributed by atoms with Crippen LogP contribution >= 0.6 is 0 Å². The van der Waals surface area contributed by atoms with Gasteiger partial charge in [0.05, 0.1) is 22.1 Å².